The van der Waals surface area contributed by atoms with E-state index in [1.165, 1.54) is 6.92 Å². The third-order valence-corrected chi connectivity index (χ3v) is 4.56. The molecule has 1 N–H and O–H groups in total. The van der Waals surface area contributed by atoms with Crippen LogP contribution in [0.25, 0.3) is 0 Å². The number of aryl methyl sites for hydroxylation is 1. The lowest BCUT2D eigenvalue weighted by atomic mass is 10.0. The van der Waals surface area contributed by atoms with Crippen LogP contribution in [0.3, 0.4) is 0 Å². The first-order chi connectivity index (χ1) is 12.0. The van der Waals surface area contributed by atoms with Gasteiger partial charge in [-0.3, -0.25) is 14.4 Å². The van der Waals surface area contributed by atoms with Crippen LogP contribution < -0.4 is 5.32 Å². The molecule has 0 radical (unpaired) electrons. The number of hydrogen-bond acceptors (Lipinski definition) is 5. The van der Waals surface area contributed by atoms with Crippen LogP contribution in [0.5, 0.6) is 0 Å². The van der Waals surface area contributed by atoms with Crippen molar-refractivity contribution in [1.82, 2.24) is 5.32 Å². The Bertz CT molecular complexity index is 697. The molecular weight excluding hydrogens is 338 g/mol. The maximum atomic E-state index is 11.9. The van der Waals surface area contributed by atoms with Gasteiger partial charge < -0.3 is 10.1 Å². The maximum Gasteiger partial charge on any atom is 0.306 e. The Morgan fingerprint density at radius 2 is 1.88 bits per heavy atom. The Labute approximate surface area is 151 Å². The normalized spacial score (nSPS) is 11.6. The smallest absolute Gasteiger partial charge is 0.306 e. The highest BCUT2D eigenvalue weighted by Crippen LogP contribution is 2.11. The highest BCUT2D eigenvalue weighted by Gasteiger charge is 2.18. The molecule has 1 atom stereocenters. The fourth-order valence-electron chi connectivity index (χ4n) is 2.28. The van der Waals surface area contributed by atoms with E-state index < -0.39 is 17.9 Å². The second-order valence-electron chi connectivity index (χ2n) is 5.66. The van der Waals surface area contributed by atoms with E-state index in [1.807, 2.05) is 47.8 Å². The molecule has 1 heterocycles. The molecule has 6 heteroatoms. The monoisotopic (exact) mass is 359 g/mol. The first-order valence-electron chi connectivity index (χ1n) is 8.06. The van der Waals surface area contributed by atoms with E-state index in [1.54, 1.807) is 11.3 Å². The molecule has 0 unspecified atom stereocenters. The number of Topliss-reactive ketones (excluding diaryl/α,β-unsaturated/α-hetero) is 1. The summed E-state index contributed by atoms with van der Waals surface area (Å²) in [6.07, 6.45) is 1.24. The molecule has 1 aromatic carbocycles. The van der Waals surface area contributed by atoms with E-state index >= 15 is 0 Å². The fourth-order valence-corrected chi connectivity index (χ4v) is 2.99. The zero-order chi connectivity index (χ0) is 18.1. The Morgan fingerprint density at radius 3 is 2.52 bits per heavy atom. The summed E-state index contributed by atoms with van der Waals surface area (Å²) in [6.45, 7) is 1.06. The molecular formula is C19H21NO4S. The zero-order valence-corrected chi connectivity index (χ0v) is 14.9. The average Bonchev–Trinajstić information content (AvgIpc) is 3.12. The highest BCUT2D eigenvalue weighted by molar-refractivity contribution is 7.09. The molecule has 0 spiro atoms. The lowest BCUT2D eigenvalue weighted by Crippen LogP contribution is -2.43. The molecule has 0 fully saturated rings. The van der Waals surface area contributed by atoms with E-state index in [0.717, 1.165) is 10.4 Å². The number of esters is 1. The van der Waals surface area contributed by atoms with Crippen LogP contribution >= 0.6 is 11.3 Å². The number of carbonyl (C=O) groups is 3. The number of nitrogens with one attached hydrogen (secondary N) is 1. The van der Waals surface area contributed by atoms with Gasteiger partial charge in [0, 0.05) is 4.88 Å². The van der Waals surface area contributed by atoms with Crippen molar-refractivity contribution in [2.24, 2.45) is 0 Å². The van der Waals surface area contributed by atoms with Crippen molar-refractivity contribution in [3.05, 3.63) is 58.3 Å². The molecule has 1 aromatic heterocycles. The molecule has 132 valence electrons. The number of amides is 1. The molecule has 0 aliphatic carbocycles. The van der Waals surface area contributed by atoms with Crippen molar-refractivity contribution in [2.75, 3.05) is 6.61 Å². The quantitative estimate of drug-likeness (QED) is 0.699. The van der Waals surface area contributed by atoms with Gasteiger partial charge >= 0.3 is 5.97 Å². The van der Waals surface area contributed by atoms with Crippen molar-refractivity contribution in [1.29, 1.82) is 0 Å². The zero-order valence-electron chi connectivity index (χ0n) is 14.1. The summed E-state index contributed by atoms with van der Waals surface area (Å²) in [7, 11) is 0. The van der Waals surface area contributed by atoms with Crippen molar-refractivity contribution < 1.29 is 19.1 Å². The molecule has 0 aliphatic heterocycles. The molecule has 0 aliphatic rings. The summed E-state index contributed by atoms with van der Waals surface area (Å²) < 4.78 is 4.98. The minimum absolute atomic E-state index is 0.138. The van der Waals surface area contributed by atoms with E-state index in [9.17, 15) is 14.4 Å². The average molecular weight is 359 g/mol. The predicted octanol–water partition coefficient (Wildman–Crippen LogP) is 2.54. The summed E-state index contributed by atoms with van der Waals surface area (Å²) >= 11 is 1.58. The van der Waals surface area contributed by atoms with Crippen molar-refractivity contribution in [3.8, 4) is 0 Å². The Balaban J connectivity index is 1.74. The number of ether oxygens (including phenoxy) is 1. The van der Waals surface area contributed by atoms with Gasteiger partial charge in [0.05, 0.1) is 12.5 Å². The molecule has 2 rings (SSSR count). The first kappa shape index (κ1) is 18.9. The Hall–Kier alpha value is -2.47. The summed E-state index contributed by atoms with van der Waals surface area (Å²) in [5.74, 6) is -1.03. The van der Waals surface area contributed by atoms with Crippen LogP contribution in [0.4, 0.5) is 0 Å². The van der Waals surface area contributed by atoms with Gasteiger partial charge in [-0.05, 0) is 36.8 Å². The topological polar surface area (TPSA) is 72.5 Å². The first-order valence-corrected chi connectivity index (χ1v) is 8.94. The van der Waals surface area contributed by atoms with Crippen LogP contribution in [0.2, 0.25) is 0 Å². The Kier molecular flexibility index (Phi) is 7.35. The minimum Gasteiger partial charge on any atom is -0.456 e. The van der Waals surface area contributed by atoms with E-state index in [4.69, 9.17) is 4.74 Å². The molecule has 2 aromatic rings. The van der Waals surface area contributed by atoms with E-state index in [2.05, 4.69) is 5.32 Å². The van der Waals surface area contributed by atoms with Crippen LogP contribution in [-0.2, 0) is 32.0 Å². The van der Waals surface area contributed by atoms with Crippen LogP contribution in [0.15, 0.2) is 47.8 Å². The summed E-state index contributed by atoms with van der Waals surface area (Å²) in [5.41, 5.74) is 0.955. The second kappa shape index (κ2) is 9.74. The van der Waals surface area contributed by atoms with Gasteiger partial charge in [0.1, 0.15) is 0 Å². The molecule has 0 saturated carbocycles. The van der Waals surface area contributed by atoms with Gasteiger partial charge in [-0.2, -0.15) is 0 Å². The molecule has 25 heavy (non-hydrogen) atoms. The SMILES string of the molecule is CC(=O)[C@@H](Cc1ccccc1)NC(=O)COC(=O)CCc1cccs1. The molecule has 1 amide bonds. The lowest BCUT2D eigenvalue weighted by molar-refractivity contribution is -0.148. The third-order valence-electron chi connectivity index (χ3n) is 3.63. The van der Waals surface area contributed by atoms with E-state index in [-0.39, 0.29) is 18.8 Å². The molecule has 0 bridgehead atoms. The van der Waals surface area contributed by atoms with Gasteiger partial charge in [-0.15, -0.1) is 11.3 Å². The number of rotatable bonds is 9. The second-order valence-corrected chi connectivity index (χ2v) is 6.69. The standard InChI is InChI=1S/C19H21NO4S/c1-14(21)17(12-15-6-3-2-4-7-15)20-18(22)13-24-19(23)10-9-16-8-5-11-25-16/h2-8,11,17H,9-10,12-13H2,1H3,(H,20,22)/t17-/m1/s1. The minimum atomic E-state index is -0.625. The number of hydrogen-bond donors (Lipinski definition) is 1. The molecule has 5 nitrogen and oxygen atoms in total. The summed E-state index contributed by atoms with van der Waals surface area (Å²) in [4.78, 5) is 36.5. The maximum absolute atomic E-state index is 11.9. The summed E-state index contributed by atoms with van der Waals surface area (Å²) in [5, 5.41) is 4.57. The highest BCUT2D eigenvalue weighted by atomic mass is 32.1. The largest absolute Gasteiger partial charge is 0.456 e. The van der Waals surface area contributed by atoms with Crippen LogP contribution in [0, 0.1) is 0 Å². The van der Waals surface area contributed by atoms with Crippen LogP contribution in [0.1, 0.15) is 23.8 Å². The van der Waals surface area contributed by atoms with Crippen molar-refractivity contribution in [3.63, 3.8) is 0 Å². The van der Waals surface area contributed by atoms with Gasteiger partial charge in [-0.25, -0.2) is 0 Å². The van der Waals surface area contributed by atoms with Crippen LogP contribution in [-0.4, -0.2) is 30.3 Å². The number of benzene rings is 1. The van der Waals surface area contributed by atoms with Gasteiger partial charge in [0.15, 0.2) is 12.4 Å². The van der Waals surface area contributed by atoms with Gasteiger partial charge in [0.25, 0.3) is 5.91 Å². The van der Waals surface area contributed by atoms with E-state index in [0.29, 0.717) is 12.8 Å². The Morgan fingerprint density at radius 1 is 1.12 bits per heavy atom. The van der Waals surface area contributed by atoms with Gasteiger partial charge in [-0.1, -0.05) is 36.4 Å². The number of thiophene rings is 1. The lowest BCUT2D eigenvalue weighted by Gasteiger charge is -2.16. The molecule has 0 saturated heterocycles. The number of ketones is 1. The summed E-state index contributed by atoms with van der Waals surface area (Å²) in [6, 6.07) is 12.7. The predicted molar refractivity (Wildman–Crippen MR) is 96.4 cm³/mol. The van der Waals surface area contributed by atoms with Crippen molar-refractivity contribution >= 4 is 29.0 Å². The third kappa shape index (κ3) is 6.89. The van der Waals surface area contributed by atoms with Crippen molar-refractivity contribution in [2.45, 2.75) is 32.2 Å². The van der Waals surface area contributed by atoms with Gasteiger partial charge in [0.2, 0.25) is 0 Å². The number of carbonyl (C=O) groups excluding carboxylic acids is 3. The fraction of sp³-hybridized carbons (Fsp3) is 0.316.